The SMILES string of the molecule is O=C(O)c1ccc(S(=O)(=O)NCC2CSCCS2)nc1. The Kier molecular flexibility index (Phi) is 5.30. The van der Waals surface area contributed by atoms with Crippen LogP contribution in [0.2, 0.25) is 0 Å². The van der Waals surface area contributed by atoms with Gasteiger partial charge in [0.25, 0.3) is 10.0 Å². The van der Waals surface area contributed by atoms with E-state index in [0.717, 1.165) is 23.5 Å². The Hall–Kier alpha value is -0.770. The van der Waals surface area contributed by atoms with Gasteiger partial charge in [0, 0.05) is 35.3 Å². The predicted molar refractivity (Wildman–Crippen MR) is 80.0 cm³/mol. The zero-order chi connectivity index (χ0) is 14.6. The standard InChI is InChI=1S/C11H14N2O4S3/c14-11(15)8-1-2-10(12-5-8)20(16,17)13-6-9-7-18-3-4-19-9/h1-2,5,9,13H,3-4,6-7H2,(H,14,15). The number of carboxylic acids is 1. The summed E-state index contributed by atoms with van der Waals surface area (Å²) >= 11 is 3.58. The molecule has 0 saturated carbocycles. The first-order valence-electron chi connectivity index (χ1n) is 5.87. The molecule has 0 spiro atoms. The number of pyridine rings is 1. The molecule has 6 nitrogen and oxygen atoms in total. The third-order valence-electron chi connectivity index (χ3n) is 2.64. The topological polar surface area (TPSA) is 96.4 Å². The first kappa shape index (κ1) is 15.6. The van der Waals surface area contributed by atoms with Crippen molar-refractivity contribution in [2.75, 3.05) is 23.8 Å². The molecule has 1 aromatic heterocycles. The lowest BCUT2D eigenvalue weighted by molar-refractivity contribution is 0.0696. The van der Waals surface area contributed by atoms with Gasteiger partial charge in [-0.3, -0.25) is 0 Å². The maximum Gasteiger partial charge on any atom is 0.337 e. The van der Waals surface area contributed by atoms with E-state index in [1.807, 2.05) is 11.8 Å². The van der Waals surface area contributed by atoms with Gasteiger partial charge in [0.05, 0.1) is 5.56 Å². The van der Waals surface area contributed by atoms with Gasteiger partial charge >= 0.3 is 5.97 Å². The van der Waals surface area contributed by atoms with Crippen LogP contribution in [0.5, 0.6) is 0 Å². The van der Waals surface area contributed by atoms with Crippen LogP contribution in [0, 0.1) is 0 Å². The average Bonchev–Trinajstić information content (AvgIpc) is 2.46. The van der Waals surface area contributed by atoms with Crippen molar-refractivity contribution in [1.29, 1.82) is 0 Å². The average molecular weight is 334 g/mol. The Labute approximate surface area is 125 Å². The molecule has 1 fully saturated rings. The highest BCUT2D eigenvalue weighted by Crippen LogP contribution is 2.23. The van der Waals surface area contributed by atoms with Crippen molar-refractivity contribution in [3.05, 3.63) is 23.9 Å². The smallest absolute Gasteiger partial charge is 0.337 e. The van der Waals surface area contributed by atoms with Crippen LogP contribution in [0.1, 0.15) is 10.4 Å². The molecule has 0 amide bonds. The summed E-state index contributed by atoms with van der Waals surface area (Å²) in [6.07, 6.45) is 1.04. The molecule has 0 radical (unpaired) electrons. The highest BCUT2D eigenvalue weighted by atomic mass is 32.2. The zero-order valence-electron chi connectivity index (χ0n) is 10.5. The largest absolute Gasteiger partial charge is 0.478 e. The Balaban J connectivity index is 2.00. The quantitative estimate of drug-likeness (QED) is 0.826. The lowest BCUT2D eigenvalue weighted by Crippen LogP contribution is -2.33. The monoisotopic (exact) mass is 334 g/mol. The minimum absolute atomic E-state index is 0.0387. The molecule has 1 aliphatic rings. The number of aromatic carboxylic acids is 1. The number of carboxylic acid groups (broad SMARTS) is 1. The number of hydrogen-bond acceptors (Lipinski definition) is 6. The van der Waals surface area contributed by atoms with Crippen molar-refractivity contribution in [1.82, 2.24) is 9.71 Å². The fourth-order valence-electron chi connectivity index (χ4n) is 1.60. The van der Waals surface area contributed by atoms with E-state index in [-0.39, 0.29) is 15.8 Å². The molecule has 1 aromatic rings. The summed E-state index contributed by atoms with van der Waals surface area (Å²) in [5, 5.41) is 8.85. The summed E-state index contributed by atoms with van der Waals surface area (Å²) in [7, 11) is -3.68. The third kappa shape index (κ3) is 4.11. The van der Waals surface area contributed by atoms with Crippen molar-refractivity contribution >= 4 is 39.5 Å². The lowest BCUT2D eigenvalue weighted by atomic mass is 10.3. The minimum Gasteiger partial charge on any atom is -0.478 e. The highest BCUT2D eigenvalue weighted by molar-refractivity contribution is 8.06. The van der Waals surface area contributed by atoms with E-state index in [1.54, 1.807) is 11.8 Å². The fraction of sp³-hybridized carbons (Fsp3) is 0.455. The molecule has 2 rings (SSSR count). The molecule has 110 valence electrons. The van der Waals surface area contributed by atoms with Crippen molar-refractivity contribution in [2.24, 2.45) is 0 Å². The number of nitrogens with one attached hydrogen (secondary N) is 1. The van der Waals surface area contributed by atoms with Crippen LogP contribution in [0.15, 0.2) is 23.4 Å². The van der Waals surface area contributed by atoms with Gasteiger partial charge in [-0.1, -0.05) is 0 Å². The molecular formula is C11H14N2O4S3. The van der Waals surface area contributed by atoms with Gasteiger partial charge in [-0.05, 0) is 12.1 Å². The van der Waals surface area contributed by atoms with Crippen LogP contribution in [-0.4, -0.2) is 53.5 Å². The molecular weight excluding hydrogens is 320 g/mol. The van der Waals surface area contributed by atoms with Crippen LogP contribution >= 0.6 is 23.5 Å². The van der Waals surface area contributed by atoms with E-state index in [4.69, 9.17) is 5.11 Å². The lowest BCUT2D eigenvalue weighted by Gasteiger charge is -2.20. The van der Waals surface area contributed by atoms with Crippen LogP contribution < -0.4 is 4.72 Å². The van der Waals surface area contributed by atoms with Crippen molar-refractivity contribution in [3.8, 4) is 0 Å². The second kappa shape index (κ2) is 6.79. The van der Waals surface area contributed by atoms with E-state index in [2.05, 4.69) is 9.71 Å². The summed E-state index contributed by atoms with van der Waals surface area (Å²) in [5.74, 6) is 1.93. The van der Waals surface area contributed by atoms with E-state index in [9.17, 15) is 13.2 Å². The van der Waals surface area contributed by atoms with E-state index in [0.29, 0.717) is 6.54 Å². The van der Waals surface area contributed by atoms with Crippen LogP contribution in [-0.2, 0) is 10.0 Å². The van der Waals surface area contributed by atoms with Gasteiger partial charge in [-0.15, -0.1) is 0 Å². The van der Waals surface area contributed by atoms with Gasteiger partial charge < -0.3 is 5.11 Å². The van der Waals surface area contributed by atoms with E-state index < -0.39 is 16.0 Å². The maximum absolute atomic E-state index is 12.0. The number of carbonyl (C=O) groups is 1. The number of hydrogen-bond donors (Lipinski definition) is 2. The van der Waals surface area contributed by atoms with Gasteiger partial charge in [-0.2, -0.15) is 23.5 Å². The van der Waals surface area contributed by atoms with Crippen LogP contribution in [0.4, 0.5) is 0 Å². The Morgan fingerprint density at radius 1 is 1.45 bits per heavy atom. The summed E-state index contributed by atoms with van der Waals surface area (Å²) in [4.78, 5) is 14.4. The zero-order valence-corrected chi connectivity index (χ0v) is 12.9. The normalized spacial score (nSPS) is 19.7. The Morgan fingerprint density at radius 3 is 2.80 bits per heavy atom. The van der Waals surface area contributed by atoms with E-state index >= 15 is 0 Å². The molecule has 0 aliphatic carbocycles. The van der Waals surface area contributed by atoms with Crippen molar-refractivity contribution in [3.63, 3.8) is 0 Å². The second-order valence-electron chi connectivity index (χ2n) is 4.11. The number of aromatic nitrogens is 1. The number of rotatable bonds is 5. The predicted octanol–water partition coefficient (Wildman–Crippen LogP) is 0.907. The number of sulfonamides is 1. The Morgan fingerprint density at radius 2 is 2.25 bits per heavy atom. The summed E-state index contributed by atoms with van der Waals surface area (Å²) in [6, 6.07) is 2.43. The molecule has 1 atom stereocenters. The molecule has 0 bridgehead atoms. The molecule has 0 aromatic carbocycles. The first-order chi connectivity index (χ1) is 9.49. The molecule has 2 heterocycles. The van der Waals surface area contributed by atoms with Gasteiger partial charge in [0.15, 0.2) is 5.03 Å². The molecule has 20 heavy (non-hydrogen) atoms. The summed E-state index contributed by atoms with van der Waals surface area (Å²) < 4.78 is 26.6. The Bertz CT molecular complexity index is 568. The van der Waals surface area contributed by atoms with Gasteiger partial charge in [-0.25, -0.2) is 22.9 Å². The molecule has 1 unspecified atom stereocenters. The molecule has 1 aliphatic heterocycles. The van der Waals surface area contributed by atoms with Gasteiger partial charge in [0.1, 0.15) is 0 Å². The number of thioether (sulfide) groups is 2. The van der Waals surface area contributed by atoms with Crippen LogP contribution in [0.3, 0.4) is 0 Å². The van der Waals surface area contributed by atoms with E-state index in [1.165, 1.54) is 12.1 Å². The van der Waals surface area contributed by atoms with Crippen molar-refractivity contribution in [2.45, 2.75) is 10.3 Å². The third-order valence-corrected chi connectivity index (χ3v) is 6.83. The second-order valence-corrected chi connectivity index (χ2v) is 8.38. The van der Waals surface area contributed by atoms with Gasteiger partial charge in [0.2, 0.25) is 0 Å². The fourth-order valence-corrected chi connectivity index (χ4v) is 5.32. The summed E-state index contributed by atoms with van der Waals surface area (Å²) in [5.41, 5.74) is -0.0387. The summed E-state index contributed by atoms with van der Waals surface area (Å²) in [6.45, 7) is 0.363. The molecule has 2 N–H and O–H groups in total. The molecule has 1 saturated heterocycles. The van der Waals surface area contributed by atoms with Crippen LogP contribution in [0.25, 0.3) is 0 Å². The molecule has 9 heteroatoms. The minimum atomic E-state index is -3.68. The number of nitrogens with zero attached hydrogens (tertiary/aromatic N) is 1. The maximum atomic E-state index is 12.0. The van der Waals surface area contributed by atoms with Crippen molar-refractivity contribution < 1.29 is 18.3 Å². The highest BCUT2D eigenvalue weighted by Gasteiger charge is 2.20. The first-order valence-corrected chi connectivity index (χ1v) is 9.56.